The number of benzene rings is 1. The van der Waals surface area contributed by atoms with Gasteiger partial charge in [-0.05, 0) is 45.2 Å². The van der Waals surface area contributed by atoms with Crippen LogP contribution in [0.15, 0.2) is 49.1 Å². The normalized spacial score (nSPS) is 11.1. The van der Waals surface area contributed by atoms with Crippen LogP contribution in [0.25, 0.3) is 10.9 Å². The van der Waals surface area contributed by atoms with E-state index < -0.39 is 0 Å². The molecular weight excluding hydrogens is 396 g/mol. The van der Waals surface area contributed by atoms with Gasteiger partial charge in [0.25, 0.3) is 0 Å². The predicted octanol–water partition coefficient (Wildman–Crippen LogP) is 3.33. The van der Waals surface area contributed by atoms with E-state index >= 15 is 0 Å². The Morgan fingerprint density at radius 1 is 1.03 bits per heavy atom. The maximum atomic E-state index is 5.91. The fraction of sp³-hybridized carbons (Fsp3) is 0.286. The lowest BCUT2D eigenvalue weighted by Gasteiger charge is -2.10. The van der Waals surface area contributed by atoms with Crippen LogP contribution in [0.1, 0.15) is 19.9 Å². The van der Waals surface area contributed by atoms with Crippen molar-refractivity contribution in [3.63, 3.8) is 0 Å². The lowest BCUT2D eigenvalue weighted by Crippen LogP contribution is -2.15. The molecule has 0 aliphatic carbocycles. The summed E-state index contributed by atoms with van der Waals surface area (Å²) < 4.78 is 11.5. The molecule has 10 nitrogen and oxygen atoms in total. The highest BCUT2D eigenvalue weighted by Crippen LogP contribution is 2.28. The molecule has 0 amide bonds. The summed E-state index contributed by atoms with van der Waals surface area (Å²) in [5.41, 5.74) is 0.780. The van der Waals surface area contributed by atoms with E-state index in [1.807, 2.05) is 45.2 Å². The molecule has 0 unspecified atom stereocenters. The van der Waals surface area contributed by atoms with Gasteiger partial charge in [0, 0.05) is 18.0 Å². The van der Waals surface area contributed by atoms with Crippen molar-refractivity contribution < 1.29 is 9.47 Å². The number of anilines is 2. The average Bonchev–Trinajstić information content (AvgIpc) is 3.25. The van der Waals surface area contributed by atoms with Crippen LogP contribution in [-0.4, -0.2) is 50.1 Å². The highest BCUT2D eigenvalue weighted by Gasteiger charge is 2.10. The highest BCUT2D eigenvalue weighted by molar-refractivity contribution is 5.91. The van der Waals surface area contributed by atoms with Gasteiger partial charge < -0.3 is 20.1 Å². The number of nitrogens with one attached hydrogen (secondary N) is 2. The van der Waals surface area contributed by atoms with Gasteiger partial charge in [0.05, 0.1) is 24.0 Å². The van der Waals surface area contributed by atoms with Crippen LogP contribution >= 0.6 is 0 Å². The third-order valence-electron chi connectivity index (χ3n) is 4.38. The highest BCUT2D eigenvalue weighted by atomic mass is 16.5. The fourth-order valence-electron chi connectivity index (χ4n) is 2.81. The van der Waals surface area contributed by atoms with Gasteiger partial charge in [0.1, 0.15) is 30.3 Å². The van der Waals surface area contributed by atoms with Gasteiger partial charge >= 0.3 is 0 Å². The number of pyridine rings is 1. The first-order valence-corrected chi connectivity index (χ1v) is 9.97. The van der Waals surface area contributed by atoms with Gasteiger partial charge in [-0.15, -0.1) is 5.10 Å². The number of ether oxygens (including phenoxy) is 2. The summed E-state index contributed by atoms with van der Waals surface area (Å²) in [7, 11) is 1.88. The summed E-state index contributed by atoms with van der Waals surface area (Å²) in [6, 6.07) is 9.34. The summed E-state index contributed by atoms with van der Waals surface area (Å²) in [5, 5.41) is 15.7. The fourth-order valence-corrected chi connectivity index (χ4v) is 2.81. The molecule has 0 aliphatic rings. The van der Waals surface area contributed by atoms with Gasteiger partial charge in [-0.25, -0.2) is 15.0 Å². The smallest absolute Gasteiger partial charge is 0.219 e. The van der Waals surface area contributed by atoms with Crippen molar-refractivity contribution in [3.05, 3.63) is 49.1 Å². The van der Waals surface area contributed by atoms with E-state index in [4.69, 9.17) is 9.47 Å². The number of nitrogens with zero attached hydrogens (tertiary/aromatic N) is 6. The summed E-state index contributed by atoms with van der Waals surface area (Å²) in [5.74, 6) is 3.00. The molecule has 0 spiro atoms. The SMILES string of the molecule is CNCCOc1ccc(Oc2ccc3ncnc(Nc4cnn(C(C)C)n4)c3c2)nc1. The molecule has 4 aromatic rings. The van der Waals surface area contributed by atoms with Crippen molar-refractivity contribution in [2.24, 2.45) is 0 Å². The third kappa shape index (κ3) is 5.04. The molecule has 0 atom stereocenters. The molecule has 3 aromatic heterocycles. The van der Waals surface area contributed by atoms with Gasteiger partial charge in [-0.1, -0.05) is 0 Å². The molecule has 10 heteroatoms. The molecule has 4 rings (SSSR count). The molecule has 31 heavy (non-hydrogen) atoms. The van der Waals surface area contributed by atoms with Crippen LogP contribution in [0, 0.1) is 0 Å². The van der Waals surface area contributed by atoms with Crippen molar-refractivity contribution in [2.75, 3.05) is 25.5 Å². The lowest BCUT2D eigenvalue weighted by molar-refractivity contribution is 0.316. The Hall–Kier alpha value is -3.79. The molecule has 1 aromatic carbocycles. The molecule has 2 N–H and O–H groups in total. The first-order valence-electron chi connectivity index (χ1n) is 9.97. The second-order valence-electron chi connectivity index (χ2n) is 7.06. The summed E-state index contributed by atoms with van der Waals surface area (Å²) in [4.78, 5) is 14.6. The number of hydrogen-bond acceptors (Lipinski definition) is 9. The molecule has 0 saturated heterocycles. The van der Waals surface area contributed by atoms with Crippen molar-refractivity contribution in [1.82, 2.24) is 35.3 Å². The average molecular weight is 420 g/mol. The van der Waals surface area contributed by atoms with Crippen LogP contribution in [0.2, 0.25) is 0 Å². The number of aromatic nitrogens is 6. The second kappa shape index (κ2) is 9.35. The zero-order valence-electron chi connectivity index (χ0n) is 17.6. The minimum atomic E-state index is 0.172. The van der Waals surface area contributed by atoms with Crippen LogP contribution in [-0.2, 0) is 0 Å². The van der Waals surface area contributed by atoms with E-state index in [0.29, 0.717) is 35.6 Å². The zero-order chi connectivity index (χ0) is 21.6. The molecule has 3 heterocycles. The van der Waals surface area contributed by atoms with Crippen molar-refractivity contribution in [1.29, 1.82) is 0 Å². The summed E-state index contributed by atoms with van der Waals surface area (Å²) in [6.07, 6.45) is 4.81. The van der Waals surface area contributed by atoms with Crippen molar-refractivity contribution >= 4 is 22.5 Å². The second-order valence-corrected chi connectivity index (χ2v) is 7.06. The molecular formula is C21H24N8O2. The van der Waals surface area contributed by atoms with Crippen LogP contribution in [0.5, 0.6) is 17.4 Å². The summed E-state index contributed by atoms with van der Waals surface area (Å²) in [6.45, 7) is 5.37. The first kappa shape index (κ1) is 20.5. The number of fused-ring (bicyclic) bond motifs is 1. The third-order valence-corrected chi connectivity index (χ3v) is 4.38. The van der Waals surface area contributed by atoms with Gasteiger partial charge in [-0.2, -0.15) is 9.90 Å². The Bertz CT molecular complexity index is 1140. The largest absolute Gasteiger partial charge is 0.491 e. The molecule has 0 fully saturated rings. The van der Waals surface area contributed by atoms with Crippen LogP contribution in [0.3, 0.4) is 0 Å². The molecule has 0 bridgehead atoms. The predicted molar refractivity (Wildman–Crippen MR) is 117 cm³/mol. The van der Waals surface area contributed by atoms with Gasteiger partial charge in [-0.3, -0.25) is 0 Å². The number of likely N-dealkylation sites (N-methyl/N-ethyl adjacent to an activating group) is 1. The maximum absolute atomic E-state index is 5.91. The Morgan fingerprint density at radius 3 is 2.65 bits per heavy atom. The maximum Gasteiger partial charge on any atom is 0.219 e. The zero-order valence-corrected chi connectivity index (χ0v) is 17.6. The van der Waals surface area contributed by atoms with Crippen molar-refractivity contribution in [3.8, 4) is 17.4 Å². The van der Waals surface area contributed by atoms with E-state index in [1.54, 1.807) is 23.3 Å². The monoisotopic (exact) mass is 420 g/mol. The van der Waals surface area contributed by atoms with E-state index in [1.165, 1.54) is 6.33 Å². The molecule has 0 radical (unpaired) electrons. The number of hydrogen-bond donors (Lipinski definition) is 2. The van der Waals surface area contributed by atoms with Crippen molar-refractivity contribution in [2.45, 2.75) is 19.9 Å². The molecule has 0 aliphatic heterocycles. The number of rotatable bonds is 9. The van der Waals surface area contributed by atoms with Crippen LogP contribution in [0.4, 0.5) is 11.6 Å². The van der Waals surface area contributed by atoms with Gasteiger partial charge in [0.15, 0.2) is 5.82 Å². The Kier molecular flexibility index (Phi) is 6.18. The minimum absolute atomic E-state index is 0.172. The topological polar surface area (TPSA) is 112 Å². The van der Waals surface area contributed by atoms with Gasteiger partial charge in [0.2, 0.25) is 5.88 Å². The lowest BCUT2D eigenvalue weighted by atomic mass is 10.2. The standard InChI is InChI=1S/C21H24N8O2/c1-14(2)29-26-12-19(28-29)27-21-17-10-15(4-6-18(17)24-13-25-21)31-20-7-5-16(11-23-20)30-9-8-22-3/h4-7,10-14,22H,8-9H2,1-3H3,(H,24,25,27,28). The Morgan fingerprint density at radius 2 is 1.90 bits per heavy atom. The minimum Gasteiger partial charge on any atom is -0.491 e. The Labute approximate surface area is 179 Å². The van der Waals surface area contributed by atoms with E-state index in [9.17, 15) is 0 Å². The van der Waals surface area contributed by atoms with Crippen LogP contribution < -0.4 is 20.1 Å². The molecule has 160 valence electrons. The summed E-state index contributed by atoms with van der Waals surface area (Å²) >= 11 is 0. The Balaban J connectivity index is 1.52. The van der Waals surface area contributed by atoms with E-state index in [0.717, 1.165) is 17.4 Å². The first-order chi connectivity index (χ1) is 15.1. The molecule has 0 saturated carbocycles. The van der Waals surface area contributed by atoms with E-state index in [-0.39, 0.29) is 6.04 Å². The quantitative estimate of drug-likeness (QED) is 0.394. The van der Waals surface area contributed by atoms with E-state index in [2.05, 4.69) is 35.8 Å².